The van der Waals surface area contributed by atoms with Gasteiger partial charge in [0, 0.05) is 17.4 Å². The number of anilines is 2. The fraction of sp³-hybridized carbons (Fsp3) is 0.273. The first kappa shape index (κ1) is 21.5. The SMILES string of the molecule is Cc1cc(NS(=O)(=O)c2ccc(-n3c(N)c4c(C)c5c(nc4nc3=S)CCCC5)cc2)no1. The van der Waals surface area contributed by atoms with E-state index >= 15 is 0 Å². The van der Waals surface area contributed by atoms with Crippen molar-refractivity contribution in [1.82, 2.24) is 19.7 Å². The Hall–Kier alpha value is -3.31. The van der Waals surface area contributed by atoms with Crippen molar-refractivity contribution in [2.75, 3.05) is 10.5 Å². The lowest BCUT2D eigenvalue weighted by Crippen LogP contribution is -2.14. The van der Waals surface area contributed by atoms with E-state index in [4.69, 9.17) is 27.5 Å². The normalized spacial score (nSPS) is 13.8. The van der Waals surface area contributed by atoms with Gasteiger partial charge in [-0.3, -0.25) is 9.29 Å². The van der Waals surface area contributed by atoms with Gasteiger partial charge in [-0.2, -0.15) is 4.98 Å². The summed E-state index contributed by atoms with van der Waals surface area (Å²) in [5.41, 5.74) is 11.1. The van der Waals surface area contributed by atoms with Gasteiger partial charge in [0.25, 0.3) is 10.0 Å². The van der Waals surface area contributed by atoms with E-state index in [1.165, 1.54) is 23.8 Å². The summed E-state index contributed by atoms with van der Waals surface area (Å²) in [6.45, 7) is 3.73. The minimum atomic E-state index is -3.84. The molecule has 4 aromatic rings. The molecule has 0 spiro atoms. The molecule has 9 nitrogen and oxygen atoms in total. The summed E-state index contributed by atoms with van der Waals surface area (Å²) in [5.74, 6) is 1.06. The number of nitrogens with zero attached hydrogens (tertiary/aromatic N) is 4. The maximum atomic E-state index is 12.7. The lowest BCUT2D eigenvalue weighted by Gasteiger charge is -2.21. The van der Waals surface area contributed by atoms with Crippen LogP contribution in [-0.4, -0.2) is 28.1 Å². The van der Waals surface area contributed by atoms with E-state index in [0.29, 0.717) is 22.9 Å². The maximum Gasteiger partial charge on any atom is 0.263 e. The molecule has 0 aliphatic heterocycles. The third-order valence-electron chi connectivity index (χ3n) is 5.89. The first-order valence-electron chi connectivity index (χ1n) is 10.5. The Kier molecular flexibility index (Phi) is 5.17. The van der Waals surface area contributed by atoms with E-state index < -0.39 is 10.0 Å². The van der Waals surface area contributed by atoms with Crippen molar-refractivity contribution < 1.29 is 12.9 Å². The van der Waals surface area contributed by atoms with Crippen molar-refractivity contribution in [2.24, 2.45) is 0 Å². The Morgan fingerprint density at radius 2 is 1.85 bits per heavy atom. The Morgan fingerprint density at radius 3 is 2.55 bits per heavy atom. The molecule has 0 atom stereocenters. The second-order valence-electron chi connectivity index (χ2n) is 8.10. The van der Waals surface area contributed by atoms with Gasteiger partial charge in [0.1, 0.15) is 11.6 Å². The van der Waals surface area contributed by atoms with Crippen molar-refractivity contribution in [2.45, 2.75) is 44.4 Å². The standard InChI is InChI=1S/C22H22N6O3S2/c1-12-11-18(26-31-12)27-33(29,30)15-9-7-14(8-10-15)28-20(23)19-13(2)16-5-3-4-6-17(16)24-21(19)25-22(28)32/h7-11H,3-6,23H2,1-2H3,(H,26,27). The monoisotopic (exact) mass is 482 g/mol. The van der Waals surface area contributed by atoms with Crippen LogP contribution in [0.5, 0.6) is 0 Å². The van der Waals surface area contributed by atoms with E-state index in [-0.39, 0.29) is 15.5 Å². The van der Waals surface area contributed by atoms with Crippen LogP contribution < -0.4 is 10.5 Å². The van der Waals surface area contributed by atoms with Crippen LogP contribution >= 0.6 is 12.2 Å². The van der Waals surface area contributed by atoms with Gasteiger partial charge in [-0.1, -0.05) is 5.16 Å². The minimum Gasteiger partial charge on any atom is -0.384 e. The quantitative estimate of drug-likeness (QED) is 0.417. The molecule has 0 bridgehead atoms. The number of aryl methyl sites for hydroxylation is 3. The molecule has 0 saturated heterocycles. The van der Waals surface area contributed by atoms with Gasteiger partial charge in [0.2, 0.25) is 4.77 Å². The highest BCUT2D eigenvalue weighted by Gasteiger charge is 2.21. The Balaban J connectivity index is 1.57. The third-order valence-corrected chi connectivity index (χ3v) is 7.54. The number of nitrogen functional groups attached to an aromatic ring is 1. The number of hydrogen-bond donors (Lipinski definition) is 2. The molecule has 1 aliphatic carbocycles. The van der Waals surface area contributed by atoms with Gasteiger partial charge in [-0.05, 0) is 87.1 Å². The average molecular weight is 483 g/mol. The van der Waals surface area contributed by atoms with Gasteiger partial charge in [-0.25, -0.2) is 13.4 Å². The topological polar surface area (TPSA) is 129 Å². The molecule has 3 aromatic heterocycles. The number of pyridine rings is 1. The number of nitrogens with one attached hydrogen (secondary N) is 1. The van der Waals surface area contributed by atoms with Crippen LogP contribution in [0.3, 0.4) is 0 Å². The van der Waals surface area contributed by atoms with Crippen molar-refractivity contribution in [3.63, 3.8) is 0 Å². The zero-order valence-electron chi connectivity index (χ0n) is 18.1. The molecule has 11 heteroatoms. The number of benzene rings is 1. The van der Waals surface area contributed by atoms with Crippen LogP contribution in [0.1, 0.15) is 35.4 Å². The largest absolute Gasteiger partial charge is 0.384 e. The summed E-state index contributed by atoms with van der Waals surface area (Å²) in [6.07, 6.45) is 4.16. The minimum absolute atomic E-state index is 0.0673. The van der Waals surface area contributed by atoms with Crippen molar-refractivity contribution >= 4 is 44.9 Å². The summed E-state index contributed by atoms with van der Waals surface area (Å²) in [7, 11) is -3.84. The third kappa shape index (κ3) is 3.76. The van der Waals surface area contributed by atoms with Crippen molar-refractivity contribution in [3.05, 3.63) is 57.7 Å². The molecular weight excluding hydrogens is 460 g/mol. The lowest BCUT2D eigenvalue weighted by atomic mass is 9.91. The molecule has 5 rings (SSSR count). The van der Waals surface area contributed by atoms with Crippen LogP contribution in [0.2, 0.25) is 0 Å². The Morgan fingerprint density at radius 1 is 1.12 bits per heavy atom. The van der Waals surface area contributed by atoms with E-state index in [2.05, 4.69) is 14.9 Å². The van der Waals surface area contributed by atoms with E-state index in [0.717, 1.165) is 42.3 Å². The molecule has 170 valence electrons. The van der Waals surface area contributed by atoms with E-state index in [9.17, 15) is 8.42 Å². The summed E-state index contributed by atoms with van der Waals surface area (Å²) >= 11 is 5.52. The molecule has 3 N–H and O–H groups in total. The van der Waals surface area contributed by atoms with Crippen LogP contribution in [0.15, 0.2) is 39.8 Å². The summed E-state index contributed by atoms with van der Waals surface area (Å²) in [4.78, 5) is 9.36. The average Bonchev–Trinajstić information content (AvgIpc) is 3.17. The molecule has 0 unspecified atom stereocenters. The second kappa shape index (κ2) is 7.92. The van der Waals surface area contributed by atoms with Crippen molar-refractivity contribution in [1.29, 1.82) is 0 Å². The van der Waals surface area contributed by atoms with Gasteiger partial charge in [-0.15, -0.1) is 0 Å². The predicted octanol–water partition coefficient (Wildman–Crippen LogP) is 4.02. The Labute approximate surface area is 195 Å². The smallest absolute Gasteiger partial charge is 0.263 e. The molecule has 0 amide bonds. The highest BCUT2D eigenvalue weighted by Crippen LogP contribution is 2.32. The molecule has 1 aromatic carbocycles. The predicted molar refractivity (Wildman–Crippen MR) is 128 cm³/mol. The fourth-order valence-electron chi connectivity index (χ4n) is 4.30. The highest BCUT2D eigenvalue weighted by molar-refractivity contribution is 7.92. The molecule has 0 saturated carbocycles. The van der Waals surface area contributed by atoms with Crippen LogP contribution in [-0.2, 0) is 22.9 Å². The van der Waals surface area contributed by atoms with Crippen molar-refractivity contribution in [3.8, 4) is 5.69 Å². The number of hydrogen-bond acceptors (Lipinski definition) is 8. The lowest BCUT2D eigenvalue weighted by molar-refractivity contribution is 0.400. The van der Waals surface area contributed by atoms with Crippen LogP contribution in [0.25, 0.3) is 16.7 Å². The Bertz CT molecular complexity index is 1560. The first-order valence-corrected chi connectivity index (χ1v) is 12.4. The fourth-order valence-corrected chi connectivity index (χ4v) is 5.57. The number of fused-ring (bicyclic) bond motifs is 2. The number of sulfonamides is 1. The molecule has 0 fully saturated rings. The molecule has 1 aliphatic rings. The van der Waals surface area contributed by atoms with E-state index in [1.807, 2.05) is 6.92 Å². The molecule has 33 heavy (non-hydrogen) atoms. The zero-order chi connectivity index (χ0) is 23.3. The number of nitrogens with two attached hydrogens (primary N) is 1. The number of rotatable bonds is 4. The summed E-state index contributed by atoms with van der Waals surface area (Å²) < 4.78 is 34.6. The zero-order valence-corrected chi connectivity index (χ0v) is 19.8. The number of aromatic nitrogens is 4. The summed E-state index contributed by atoms with van der Waals surface area (Å²) in [5, 5.41) is 4.45. The maximum absolute atomic E-state index is 12.7. The first-order chi connectivity index (χ1) is 15.7. The molecule has 3 heterocycles. The van der Waals surface area contributed by atoms with Gasteiger partial charge < -0.3 is 10.3 Å². The summed E-state index contributed by atoms with van der Waals surface area (Å²) in [6, 6.07) is 7.75. The molecular formula is C22H22N6O3S2. The van der Waals surface area contributed by atoms with Crippen LogP contribution in [0.4, 0.5) is 11.6 Å². The van der Waals surface area contributed by atoms with Gasteiger partial charge in [0.15, 0.2) is 11.5 Å². The van der Waals surface area contributed by atoms with E-state index in [1.54, 1.807) is 23.6 Å². The highest BCUT2D eigenvalue weighted by atomic mass is 32.2. The second-order valence-corrected chi connectivity index (χ2v) is 10.2. The van der Waals surface area contributed by atoms with Crippen LogP contribution in [0, 0.1) is 18.6 Å². The molecule has 0 radical (unpaired) electrons. The van der Waals surface area contributed by atoms with Gasteiger partial charge in [0.05, 0.1) is 10.3 Å². The van der Waals surface area contributed by atoms with Gasteiger partial charge >= 0.3 is 0 Å².